The average molecular weight is 299 g/mol. The predicted octanol–water partition coefficient (Wildman–Crippen LogP) is 1.17. The fourth-order valence-electron chi connectivity index (χ4n) is 2.80. The number of likely N-dealkylation sites (tertiary alicyclic amines) is 1. The molecule has 21 heavy (non-hydrogen) atoms. The Morgan fingerprint density at radius 2 is 2.19 bits per heavy atom. The van der Waals surface area contributed by atoms with Crippen LogP contribution in [0.2, 0.25) is 0 Å². The summed E-state index contributed by atoms with van der Waals surface area (Å²) in [6.45, 7) is 7.97. The van der Waals surface area contributed by atoms with Crippen molar-refractivity contribution in [3.05, 3.63) is 0 Å². The third kappa shape index (κ3) is 3.40. The molecule has 2 aliphatic rings. The highest BCUT2D eigenvalue weighted by atomic mass is 16.6. The molecule has 0 aliphatic carbocycles. The van der Waals surface area contributed by atoms with Crippen LogP contribution in [0, 0.1) is 0 Å². The summed E-state index contributed by atoms with van der Waals surface area (Å²) >= 11 is 0. The lowest BCUT2D eigenvalue weighted by molar-refractivity contribution is 0.0266. The summed E-state index contributed by atoms with van der Waals surface area (Å²) in [5, 5.41) is 0. The maximum Gasteiger partial charge on any atom is 0.410 e. The normalized spacial score (nSPS) is 25.6. The highest BCUT2D eigenvalue weighted by Crippen LogP contribution is 2.34. The molecule has 2 amide bonds. The molecular formula is C14H25N3O4. The molecule has 7 heteroatoms. The Hall–Kier alpha value is -1.50. The molecule has 120 valence electrons. The highest BCUT2D eigenvalue weighted by Gasteiger charge is 2.52. The molecule has 1 unspecified atom stereocenters. The van der Waals surface area contributed by atoms with Gasteiger partial charge in [-0.15, -0.1) is 0 Å². The molecule has 1 spiro atoms. The standard InChI is InChI=1S/C14H25N3O4/c1-13(2,3)21-11(18)16-8-5-14(9-16)10-20-12(19)17(14)7-4-6-15/h4-10,15H2,1-3H3. The quantitative estimate of drug-likeness (QED) is 0.845. The minimum Gasteiger partial charge on any atom is -0.447 e. The topological polar surface area (TPSA) is 85.1 Å². The Morgan fingerprint density at radius 1 is 1.48 bits per heavy atom. The van der Waals surface area contributed by atoms with Gasteiger partial charge < -0.3 is 20.1 Å². The van der Waals surface area contributed by atoms with E-state index in [9.17, 15) is 9.59 Å². The summed E-state index contributed by atoms with van der Waals surface area (Å²) < 4.78 is 10.6. The first-order valence-electron chi connectivity index (χ1n) is 7.40. The molecule has 0 aromatic heterocycles. The lowest BCUT2D eigenvalue weighted by atomic mass is 9.98. The van der Waals surface area contributed by atoms with Crippen LogP contribution in [0.5, 0.6) is 0 Å². The highest BCUT2D eigenvalue weighted by molar-refractivity contribution is 5.73. The van der Waals surface area contributed by atoms with Gasteiger partial charge in [0.1, 0.15) is 12.2 Å². The van der Waals surface area contributed by atoms with Crippen molar-refractivity contribution >= 4 is 12.2 Å². The molecule has 2 aliphatic heterocycles. The molecule has 2 N–H and O–H groups in total. The van der Waals surface area contributed by atoms with Crippen LogP contribution in [-0.2, 0) is 9.47 Å². The van der Waals surface area contributed by atoms with E-state index in [0.717, 1.165) is 6.42 Å². The van der Waals surface area contributed by atoms with Crippen LogP contribution in [-0.4, -0.2) is 65.9 Å². The smallest absolute Gasteiger partial charge is 0.410 e. The molecule has 2 fully saturated rings. The summed E-state index contributed by atoms with van der Waals surface area (Å²) in [5.41, 5.74) is 4.59. The largest absolute Gasteiger partial charge is 0.447 e. The number of amides is 2. The lowest BCUT2D eigenvalue weighted by Crippen LogP contribution is -2.50. The number of carbonyl (C=O) groups excluding carboxylic acids is 2. The van der Waals surface area contributed by atoms with E-state index in [0.29, 0.717) is 39.2 Å². The molecule has 0 radical (unpaired) electrons. The third-order valence-electron chi connectivity index (χ3n) is 3.83. The number of ether oxygens (including phenoxy) is 2. The Kier molecular flexibility index (Phi) is 4.32. The first kappa shape index (κ1) is 15.9. The zero-order valence-electron chi connectivity index (χ0n) is 13.1. The Morgan fingerprint density at radius 3 is 2.81 bits per heavy atom. The first-order valence-corrected chi connectivity index (χ1v) is 7.40. The van der Waals surface area contributed by atoms with Gasteiger partial charge in [-0.05, 0) is 40.2 Å². The molecule has 0 saturated carbocycles. The molecule has 2 rings (SSSR count). The zero-order chi connectivity index (χ0) is 15.7. The number of hydrogen-bond acceptors (Lipinski definition) is 5. The second-order valence-electron chi connectivity index (χ2n) is 6.72. The van der Waals surface area contributed by atoms with Gasteiger partial charge in [0.2, 0.25) is 0 Å². The minimum absolute atomic E-state index is 0.311. The van der Waals surface area contributed by atoms with Gasteiger partial charge in [-0.1, -0.05) is 0 Å². The molecule has 2 heterocycles. The third-order valence-corrected chi connectivity index (χ3v) is 3.83. The van der Waals surface area contributed by atoms with E-state index in [-0.39, 0.29) is 12.2 Å². The van der Waals surface area contributed by atoms with Gasteiger partial charge in [-0.3, -0.25) is 4.90 Å². The Labute approximate surface area is 125 Å². The fraction of sp³-hybridized carbons (Fsp3) is 0.857. The summed E-state index contributed by atoms with van der Waals surface area (Å²) in [6.07, 6.45) is 0.790. The minimum atomic E-state index is -0.520. The molecule has 0 aromatic rings. The van der Waals surface area contributed by atoms with Crippen molar-refractivity contribution in [2.45, 2.75) is 44.8 Å². The molecular weight excluding hydrogens is 274 g/mol. The van der Waals surface area contributed by atoms with Crippen molar-refractivity contribution < 1.29 is 19.1 Å². The SMILES string of the molecule is CC(C)(C)OC(=O)N1CCC2(COC(=O)N2CCCN)C1. The molecule has 0 aromatic carbocycles. The van der Waals surface area contributed by atoms with Crippen molar-refractivity contribution in [2.75, 3.05) is 32.8 Å². The van der Waals surface area contributed by atoms with E-state index in [1.165, 1.54) is 0 Å². The Balaban J connectivity index is 2.02. The summed E-state index contributed by atoms with van der Waals surface area (Å²) in [5.74, 6) is 0. The van der Waals surface area contributed by atoms with Gasteiger partial charge in [0.25, 0.3) is 0 Å². The summed E-state index contributed by atoms with van der Waals surface area (Å²) in [4.78, 5) is 27.4. The first-order chi connectivity index (χ1) is 9.77. The van der Waals surface area contributed by atoms with Crippen molar-refractivity contribution in [2.24, 2.45) is 5.73 Å². The number of rotatable bonds is 3. The van der Waals surface area contributed by atoms with Crippen LogP contribution in [0.25, 0.3) is 0 Å². The van der Waals surface area contributed by atoms with Gasteiger partial charge in [0.15, 0.2) is 0 Å². The van der Waals surface area contributed by atoms with Gasteiger partial charge in [0, 0.05) is 13.1 Å². The van der Waals surface area contributed by atoms with Crippen LogP contribution < -0.4 is 5.73 Å². The van der Waals surface area contributed by atoms with E-state index in [1.807, 2.05) is 20.8 Å². The number of hydrogen-bond donors (Lipinski definition) is 1. The van der Waals surface area contributed by atoms with Crippen LogP contribution in [0.4, 0.5) is 9.59 Å². The van der Waals surface area contributed by atoms with Gasteiger partial charge in [0.05, 0.1) is 12.1 Å². The monoisotopic (exact) mass is 299 g/mol. The second kappa shape index (κ2) is 5.71. The van der Waals surface area contributed by atoms with Gasteiger partial charge >= 0.3 is 12.2 Å². The molecule has 1 atom stereocenters. The molecule has 2 saturated heterocycles. The molecule has 0 bridgehead atoms. The van der Waals surface area contributed by atoms with Crippen molar-refractivity contribution in [3.8, 4) is 0 Å². The number of cyclic esters (lactones) is 1. The lowest BCUT2D eigenvalue weighted by Gasteiger charge is -2.32. The van der Waals surface area contributed by atoms with E-state index in [1.54, 1.807) is 9.80 Å². The maximum atomic E-state index is 12.1. The maximum absolute atomic E-state index is 12.1. The zero-order valence-corrected chi connectivity index (χ0v) is 13.1. The van der Waals surface area contributed by atoms with Crippen LogP contribution >= 0.6 is 0 Å². The second-order valence-corrected chi connectivity index (χ2v) is 6.72. The number of carbonyl (C=O) groups is 2. The summed E-state index contributed by atoms with van der Waals surface area (Å²) in [7, 11) is 0. The predicted molar refractivity (Wildman–Crippen MR) is 76.9 cm³/mol. The van der Waals surface area contributed by atoms with Gasteiger partial charge in [-0.25, -0.2) is 9.59 Å². The van der Waals surface area contributed by atoms with Gasteiger partial charge in [-0.2, -0.15) is 0 Å². The van der Waals surface area contributed by atoms with Crippen LogP contribution in [0.15, 0.2) is 0 Å². The van der Waals surface area contributed by atoms with Crippen LogP contribution in [0.3, 0.4) is 0 Å². The van der Waals surface area contributed by atoms with E-state index in [4.69, 9.17) is 15.2 Å². The Bertz CT molecular complexity index is 421. The summed E-state index contributed by atoms with van der Waals surface area (Å²) in [6, 6.07) is 0. The van der Waals surface area contributed by atoms with E-state index in [2.05, 4.69) is 0 Å². The fourth-order valence-corrected chi connectivity index (χ4v) is 2.80. The molecule has 7 nitrogen and oxygen atoms in total. The van der Waals surface area contributed by atoms with Crippen molar-refractivity contribution in [3.63, 3.8) is 0 Å². The van der Waals surface area contributed by atoms with Crippen molar-refractivity contribution in [1.29, 1.82) is 0 Å². The number of nitrogens with two attached hydrogens (primary N) is 1. The van der Waals surface area contributed by atoms with Crippen molar-refractivity contribution in [1.82, 2.24) is 9.80 Å². The van der Waals surface area contributed by atoms with E-state index >= 15 is 0 Å². The van der Waals surface area contributed by atoms with E-state index < -0.39 is 11.1 Å². The average Bonchev–Trinajstić information content (AvgIpc) is 2.92. The van der Waals surface area contributed by atoms with Crippen LogP contribution in [0.1, 0.15) is 33.6 Å². The number of nitrogens with zero attached hydrogens (tertiary/aromatic N) is 2.